The van der Waals surface area contributed by atoms with Gasteiger partial charge < -0.3 is 15.1 Å². The number of carbonyl (C=O) groups is 4. The Hall–Kier alpha value is -2.02. The highest BCUT2D eigenvalue weighted by atomic mass is 16.4. The molecule has 3 rings (SSSR count). The van der Waals surface area contributed by atoms with Gasteiger partial charge in [0.25, 0.3) is 0 Å². The third-order valence-electron chi connectivity index (χ3n) is 7.68. The lowest BCUT2D eigenvalue weighted by molar-refractivity contribution is -0.166. The first-order valence-electron chi connectivity index (χ1n) is 11.0. The van der Waals surface area contributed by atoms with E-state index >= 15 is 0 Å². The summed E-state index contributed by atoms with van der Waals surface area (Å²) in [7, 11) is 1.41. The Bertz CT molecular complexity index is 774. The topological polar surface area (TPSA) is 112 Å². The molecule has 7 heteroatoms. The van der Waals surface area contributed by atoms with Gasteiger partial charge in [0.1, 0.15) is 0 Å². The Morgan fingerprint density at radius 2 is 1.83 bits per heavy atom. The standard InChI is InChI=1S/C23H33NO6/c1-12(2)23(30,22(28)29)11-16-19(25)18(21(27)24(16)4)20(26)17-13(3)9-10-14-7-5-6-8-15(14)17/h9-10,12-18,30H,5-8,11H2,1-4H3,(H,28,29)/t13-,14+,15-,16+,17-,18?,23+/m1/s1. The predicted octanol–water partition coefficient (Wildman–Crippen LogP) is 2.07. The van der Waals surface area contributed by atoms with Gasteiger partial charge in [0, 0.05) is 19.4 Å². The zero-order chi connectivity index (χ0) is 22.4. The lowest BCUT2D eigenvalue weighted by Gasteiger charge is -2.41. The molecule has 0 radical (unpaired) electrons. The van der Waals surface area contributed by atoms with Gasteiger partial charge in [0.05, 0.1) is 6.04 Å². The van der Waals surface area contributed by atoms with Gasteiger partial charge >= 0.3 is 5.97 Å². The quantitative estimate of drug-likeness (QED) is 0.504. The predicted molar refractivity (Wildman–Crippen MR) is 109 cm³/mol. The average Bonchev–Trinajstić information content (AvgIpc) is 2.90. The van der Waals surface area contributed by atoms with Crippen molar-refractivity contribution in [3.63, 3.8) is 0 Å². The summed E-state index contributed by atoms with van der Waals surface area (Å²) in [6, 6.07) is -1.12. The zero-order valence-corrected chi connectivity index (χ0v) is 18.2. The van der Waals surface area contributed by atoms with Crippen LogP contribution in [0.5, 0.6) is 0 Å². The van der Waals surface area contributed by atoms with Gasteiger partial charge in [-0.3, -0.25) is 14.4 Å². The Balaban J connectivity index is 1.87. The summed E-state index contributed by atoms with van der Waals surface area (Å²) >= 11 is 0. The van der Waals surface area contributed by atoms with Crippen LogP contribution in [0.1, 0.15) is 52.9 Å². The number of carbonyl (C=O) groups excluding carboxylic acids is 3. The highest BCUT2D eigenvalue weighted by Gasteiger charge is 2.56. The van der Waals surface area contributed by atoms with Gasteiger partial charge in [-0.05, 0) is 36.5 Å². The lowest BCUT2D eigenvalue weighted by atomic mass is 9.62. The number of likely N-dealkylation sites (tertiary alicyclic amines) is 1. The maximum atomic E-state index is 13.5. The zero-order valence-electron chi connectivity index (χ0n) is 18.2. The maximum Gasteiger partial charge on any atom is 0.336 e. The largest absolute Gasteiger partial charge is 0.479 e. The first-order valence-corrected chi connectivity index (χ1v) is 11.0. The normalized spacial score (nSPS) is 36.0. The average molecular weight is 420 g/mol. The molecule has 7 nitrogen and oxygen atoms in total. The lowest BCUT2D eigenvalue weighted by Crippen LogP contribution is -2.50. The van der Waals surface area contributed by atoms with Gasteiger partial charge in [-0.15, -0.1) is 0 Å². The number of rotatable bonds is 6. The van der Waals surface area contributed by atoms with Gasteiger partial charge in [-0.25, -0.2) is 4.79 Å². The molecule has 1 heterocycles. The van der Waals surface area contributed by atoms with E-state index in [2.05, 4.69) is 6.08 Å². The number of likely N-dealkylation sites (N-methyl/N-ethyl adjacent to an activating group) is 1. The number of carboxylic acids is 1. The van der Waals surface area contributed by atoms with Crippen molar-refractivity contribution in [2.45, 2.75) is 64.5 Å². The van der Waals surface area contributed by atoms with Crippen molar-refractivity contribution in [2.24, 2.45) is 35.5 Å². The molecule has 0 aromatic rings. The van der Waals surface area contributed by atoms with Crippen molar-refractivity contribution < 1.29 is 29.4 Å². The summed E-state index contributed by atoms with van der Waals surface area (Å²) in [6.45, 7) is 5.06. The van der Waals surface area contributed by atoms with E-state index in [1.165, 1.54) is 7.05 Å². The van der Waals surface area contributed by atoms with E-state index in [-0.39, 0.29) is 23.5 Å². The minimum atomic E-state index is -2.15. The molecule has 1 saturated heterocycles. The smallest absolute Gasteiger partial charge is 0.336 e. The van der Waals surface area contributed by atoms with E-state index in [1.807, 2.05) is 13.0 Å². The van der Waals surface area contributed by atoms with Gasteiger partial charge in [0.15, 0.2) is 23.1 Å². The van der Waals surface area contributed by atoms with Crippen molar-refractivity contribution >= 4 is 23.4 Å². The molecular weight excluding hydrogens is 386 g/mol. The second kappa shape index (κ2) is 8.25. The van der Waals surface area contributed by atoms with Crippen LogP contribution < -0.4 is 0 Å². The molecule has 0 aromatic heterocycles. The van der Waals surface area contributed by atoms with Crippen molar-refractivity contribution in [3.05, 3.63) is 12.2 Å². The number of allylic oxidation sites excluding steroid dienone is 2. The Labute approximate surface area is 177 Å². The third kappa shape index (κ3) is 3.61. The van der Waals surface area contributed by atoms with E-state index in [0.29, 0.717) is 5.92 Å². The van der Waals surface area contributed by atoms with Crippen LogP contribution in [-0.4, -0.2) is 57.2 Å². The van der Waals surface area contributed by atoms with Crippen LogP contribution in [0.4, 0.5) is 0 Å². The van der Waals surface area contributed by atoms with E-state index in [4.69, 9.17) is 0 Å². The molecule has 0 spiro atoms. The van der Waals surface area contributed by atoms with E-state index in [0.717, 1.165) is 30.6 Å². The second-order valence-electron chi connectivity index (χ2n) is 9.67. The van der Waals surface area contributed by atoms with Crippen LogP contribution in [0, 0.1) is 35.5 Å². The van der Waals surface area contributed by atoms with Crippen LogP contribution in [0.15, 0.2) is 12.2 Å². The molecule has 1 saturated carbocycles. The van der Waals surface area contributed by atoms with Crippen molar-refractivity contribution in [1.29, 1.82) is 0 Å². The number of hydrogen-bond acceptors (Lipinski definition) is 5. The highest BCUT2D eigenvalue weighted by Crippen LogP contribution is 2.45. The molecular formula is C23H33NO6. The van der Waals surface area contributed by atoms with E-state index in [9.17, 15) is 29.4 Å². The van der Waals surface area contributed by atoms with Crippen LogP contribution in [0.3, 0.4) is 0 Å². The molecule has 166 valence electrons. The number of nitrogens with zero attached hydrogens (tertiary/aromatic N) is 1. The monoisotopic (exact) mass is 419 g/mol. The van der Waals surface area contributed by atoms with Gasteiger partial charge in [0.2, 0.25) is 5.91 Å². The number of carboxylic acid groups (broad SMARTS) is 1. The van der Waals surface area contributed by atoms with Crippen LogP contribution >= 0.6 is 0 Å². The van der Waals surface area contributed by atoms with Crippen LogP contribution in [-0.2, 0) is 19.2 Å². The number of fused-ring (bicyclic) bond motifs is 1. The minimum Gasteiger partial charge on any atom is -0.479 e. The molecule has 30 heavy (non-hydrogen) atoms. The number of Topliss-reactive ketones (excluding diaryl/α,β-unsaturated/α-hetero) is 2. The molecule has 2 N–H and O–H groups in total. The van der Waals surface area contributed by atoms with Crippen LogP contribution in [0.2, 0.25) is 0 Å². The summed E-state index contributed by atoms with van der Waals surface area (Å²) in [5.41, 5.74) is -2.15. The molecule has 1 amide bonds. The summed E-state index contributed by atoms with van der Waals surface area (Å²) in [4.78, 5) is 52.5. The fraction of sp³-hybridized carbons (Fsp3) is 0.739. The molecule has 0 aromatic carbocycles. The SMILES string of the molecule is CC(C)[C@@](O)(C[C@H]1C(=O)C(C(=O)[C@H]2[C@@H]3CCCC[C@H]3C=C[C@H]2C)C(=O)N1C)C(=O)O. The number of amides is 1. The first kappa shape index (κ1) is 22.7. The third-order valence-corrected chi connectivity index (χ3v) is 7.68. The van der Waals surface area contributed by atoms with Gasteiger partial charge in [-0.1, -0.05) is 45.8 Å². The molecule has 2 fully saturated rings. The van der Waals surface area contributed by atoms with E-state index < -0.39 is 47.6 Å². The van der Waals surface area contributed by atoms with Crippen molar-refractivity contribution in [3.8, 4) is 0 Å². The molecule has 2 aliphatic carbocycles. The van der Waals surface area contributed by atoms with Gasteiger partial charge in [-0.2, -0.15) is 0 Å². The fourth-order valence-corrected chi connectivity index (χ4v) is 5.59. The number of aliphatic hydroxyl groups is 1. The van der Waals surface area contributed by atoms with Crippen molar-refractivity contribution in [1.82, 2.24) is 4.90 Å². The Morgan fingerprint density at radius 1 is 1.20 bits per heavy atom. The Morgan fingerprint density at radius 3 is 2.43 bits per heavy atom. The second-order valence-corrected chi connectivity index (χ2v) is 9.67. The molecule has 1 aliphatic heterocycles. The molecule has 7 atom stereocenters. The number of hydrogen-bond donors (Lipinski definition) is 2. The summed E-state index contributed by atoms with van der Waals surface area (Å²) in [6.07, 6.45) is 7.89. The number of aliphatic carboxylic acids is 1. The molecule has 0 bridgehead atoms. The summed E-state index contributed by atoms with van der Waals surface area (Å²) in [5.74, 6) is -4.97. The summed E-state index contributed by atoms with van der Waals surface area (Å²) < 4.78 is 0. The highest BCUT2D eigenvalue weighted by molar-refractivity contribution is 6.24. The van der Waals surface area contributed by atoms with Crippen LogP contribution in [0.25, 0.3) is 0 Å². The first-order chi connectivity index (χ1) is 14.0. The molecule has 3 aliphatic rings. The van der Waals surface area contributed by atoms with Crippen molar-refractivity contribution in [2.75, 3.05) is 7.05 Å². The maximum absolute atomic E-state index is 13.5. The van der Waals surface area contributed by atoms with E-state index in [1.54, 1.807) is 13.8 Å². The summed E-state index contributed by atoms with van der Waals surface area (Å²) in [5, 5.41) is 20.1. The minimum absolute atomic E-state index is 0.0478. The molecule has 1 unspecified atom stereocenters. The Kier molecular flexibility index (Phi) is 6.23. The fourth-order valence-electron chi connectivity index (χ4n) is 5.59. The number of ketones is 2.